The minimum Gasteiger partial charge on any atom is -0.363 e. The zero-order valence-corrected chi connectivity index (χ0v) is 20.4. The Hall–Kier alpha value is -1.98. The molecule has 0 fully saturated rings. The Morgan fingerprint density at radius 3 is 2.66 bits per heavy atom. The average Bonchev–Trinajstić information content (AvgIpc) is 3.13. The molecule has 32 heavy (non-hydrogen) atoms. The van der Waals surface area contributed by atoms with E-state index in [2.05, 4.69) is 20.9 Å². The fraction of sp³-hybridized carbons (Fsp3) is 0.0952. The molecule has 0 spiro atoms. The quantitative estimate of drug-likeness (QED) is 0.113. The van der Waals surface area contributed by atoms with Crippen LogP contribution in [0.5, 0.6) is 0 Å². The molecule has 0 aliphatic heterocycles. The van der Waals surface area contributed by atoms with E-state index in [1.807, 2.05) is 6.07 Å². The maximum atomic E-state index is 14.6. The summed E-state index contributed by atoms with van der Waals surface area (Å²) in [6.45, 7) is -0.0296. The van der Waals surface area contributed by atoms with Crippen LogP contribution in [0.1, 0.15) is 0 Å². The summed E-state index contributed by atoms with van der Waals surface area (Å²) < 4.78 is 50.2. The van der Waals surface area contributed by atoms with Crippen molar-refractivity contribution in [3.05, 3.63) is 82.1 Å². The van der Waals surface area contributed by atoms with Gasteiger partial charge in [-0.15, -0.1) is 0 Å². The average molecular weight is 559 g/mol. The molecule has 11 heteroatoms. The Bertz CT molecular complexity index is 1310. The molecule has 5 nitrogen and oxygen atoms in total. The number of halogens is 4. The van der Waals surface area contributed by atoms with Gasteiger partial charge >= 0.3 is 0 Å². The van der Waals surface area contributed by atoms with Crippen molar-refractivity contribution in [1.29, 1.82) is 0 Å². The molecule has 0 saturated carbocycles. The number of hydrogen-bond donors (Lipinski definition) is 0. The number of rotatable bonds is 7. The van der Waals surface area contributed by atoms with E-state index in [-0.39, 0.29) is 22.0 Å². The second-order valence-electron chi connectivity index (χ2n) is 6.49. The SMILES string of the molecule is COCN(Sc1cn(S(=O)c2ccccc2)c2nc(Cl)ccc12)c1cc(F)c(Br)cc1F. The molecule has 0 radical (unpaired) electrons. The largest absolute Gasteiger partial charge is 0.363 e. The number of hydrogen-bond acceptors (Lipinski definition) is 5. The van der Waals surface area contributed by atoms with Crippen LogP contribution in [0, 0.1) is 11.6 Å². The minimum atomic E-state index is -1.59. The van der Waals surface area contributed by atoms with Crippen LogP contribution in [-0.4, -0.2) is 27.0 Å². The van der Waals surface area contributed by atoms with Crippen LogP contribution in [0.3, 0.4) is 0 Å². The molecule has 1 atom stereocenters. The van der Waals surface area contributed by atoms with Crippen molar-refractivity contribution in [3.63, 3.8) is 0 Å². The van der Waals surface area contributed by atoms with Gasteiger partial charge in [-0.05, 0) is 58.2 Å². The van der Waals surface area contributed by atoms with Gasteiger partial charge in [-0.1, -0.05) is 29.8 Å². The zero-order chi connectivity index (χ0) is 22.8. The third-order valence-corrected chi connectivity index (χ3v) is 7.56. The zero-order valence-electron chi connectivity index (χ0n) is 16.5. The van der Waals surface area contributed by atoms with Crippen LogP contribution in [0.2, 0.25) is 5.15 Å². The number of nitrogens with zero attached hydrogens (tertiary/aromatic N) is 3. The monoisotopic (exact) mass is 557 g/mol. The van der Waals surface area contributed by atoms with Crippen LogP contribution in [0.4, 0.5) is 14.5 Å². The summed E-state index contributed by atoms with van der Waals surface area (Å²) in [5.74, 6) is -1.23. The predicted octanol–water partition coefficient (Wildman–Crippen LogP) is 6.42. The molecule has 0 bridgehead atoms. The molecule has 2 aromatic heterocycles. The number of ether oxygens (including phenoxy) is 1. The summed E-state index contributed by atoms with van der Waals surface area (Å²) in [4.78, 5) is 5.54. The van der Waals surface area contributed by atoms with Gasteiger partial charge in [0.25, 0.3) is 0 Å². The molecule has 4 aromatic rings. The van der Waals surface area contributed by atoms with E-state index in [4.69, 9.17) is 16.3 Å². The van der Waals surface area contributed by atoms with E-state index in [9.17, 15) is 13.0 Å². The van der Waals surface area contributed by atoms with Crippen molar-refractivity contribution in [1.82, 2.24) is 8.96 Å². The highest BCUT2D eigenvalue weighted by molar-refractivity contribution is 9.10. The van der Waals surface area contributed by atoms with E-state index >= 15 is 0 Å². The van der Waals surface area contributed by atoms with Gasteiger partial charge in [0.05, 0.1) is 20.0 Å². The number of benzene rings is 2. The van der Waals surface area contributed by atoms with Crippen LogP contribution in [-0.2, 0) is 15.7 Å². The fourth-order valence-electron chi connectivity index (χ4n) is 2.96. The van der Waals surface area contributed by atoms with E-state index in [1.165, 1.54) is 15.4 Å². The molecular weight excluding hydrogens is 544 g/mol. The van der Waals surface area contributed by atoms with Crippen LogP contribution in [0.25, 0.3) is 11.0 Å². The highest BCUT2D eigenvalue weighted by Gasteiger charge is 2.21. The Morgan fingerprint density at radius 2 is 1.94 bits per heavy atom. The summed E-state index contributed by atoms with van der Waals surface area (Å²) in [5, 5.41) is 0.899. The van der Waals surface area contributed by atoms with E-state index in [0.29, 0.717) is 20.8 Å². The lowest BCUT2D eigenvalue weighted by atomic mass is 10.3. The molecule has 0 amide bonds. The molecule has 0 aliphatic rings. The van der Waals surface area contributed by atoms with Crippen molar-refractivity contribution >= 4 is 67.2 Å². The third-order valence-electron chi connectivity index (χ3n) is 4.39. The van der Waals surface area contributed by atoms with Gasteiger partial charge in [-0.3, -0.25) is 4.31 Å². The number of methoxy groups -OCH3 is 1. The molecule has 1 unspecified atom stereocenters. The number of aromatic nitrogens is 2. The normalized spacial score (nSPS) is 12.3. The van der Waals surface area contributed by atoms with Gasteiger partial charge in [0.1, 0.15) is 23.5 Å². The minimum absolute atomic E-state index is 0.00422. The number of fused-ring (bicyclic) bond motifs is 1. The maximum absolute atomic E-state index is 14.6. The second kappa shape index (κ2) is 9.88. The van der Waals surface area contributed by atoms with Gasteiger partial charge < -0.3 is 4.74 Å². The number of pyridine rings is 1. The highest BCUT2D eigenvalue weighted by atomic mass is 79.9. The molecular formula is C21H15BrClF2N3O2S2. The summed E-state index contributed by atoms with van der Waals surface area (Å²) in [5.41, 5.74) is 0.409. The maximum Gasteiger partial charge on any atom is 0.158 e. The molecule has 166 valence electrons. The van der Waals surface area contributed by atoms with Gasteiger partial charge in [0.2, 0.25) is 0 Å². The van der Waals surface area contributed by atoms with Crippen LogP contribution < -0.4 is 4.31 Å². The van der Waals surface area contributed by atoms with Crippen molar-refractivity contribution in [2.45, 2.75) is 9.79 Å². The Balaban J connectivity index is 1.80. The molecule has 0 saturated heterocycles. The molecule has 0 aliphatic carbocycles. The fourth-order valence-corrected chi connectivity index (χ4v) is 5.64. The lowest BCUT2D eigenvalue weighted by Crippen LogP contribution is -2.18. The third kappa shape index (κ3) is 4.69. The predicted molar refractivity (Wildman–Crippen MR) is 127 cm³/mol. The first-order chi connectivity index (χ1) is 15.4. The lowest BCUT2D eigenvalue weighted by Gasteiger charge is -2.22. The Morgan fingerprint density at radius 1 is 1.19 bits per heavy atom. The van der Waals surface area contributed by atoms with Gasteiger partial charge in [0, 0.05) is 24.8 Å². The first-order valence-electron chi connectivity index (χ1n) is 9.13. The smallest absolute Gasteiger partial charge is 0.158 e. The van der Waals surface area contributed by atoms with E-state index in [1.54, 1.807) is 42.6 Å². The first-order valence-corrected chi connectivity index (χ1v) is 12.2. The van der Waals surface area contributed by atoms with Crippen LogP contribution in [0.15, 0.2) is 75.1 Å². The summed E-state index contributed by atoms with van der Waals surface area (Å²) >= 11 is 10.2. The van der Waals surface area contributed by atoms with Gasteiger partial charge in [-0.25, -0.2) is 21.9 Å². The molecule has 0 N–H and O–H groups in total. The standard InChI is InChI=1S/C21H15BrClF2N3O2S2/c1-30-12-27(18-10-16(24)15(22)9-17(18)25)31-19-11-28(21-14(19)7-8-20(23)26-21)32(29)13-5-3-2-4-6-13/h2-11H,12H2,1H3. The molecule has 2 heterocycles. The van der Waals surface area contributed by atoms with E-state index in [0.717, 1.165) is 24.1 Å². The first kappa shape index (κ1) is 23.2. The van der Waals surface area contributed by atoms with Crippen molar-refractivity contribution < 1.29 is 17.7 Å². The van der Waals surface area contributed by atoms with Crippen molar-refractivity contribution in [2.75, 3.05) is 18.1 Å². The summed E-state index contributed by atoms with van der Waals surface area (Å²) in [6, 6.07) is 14.4. The van der Waals surface area contributed by atoms with Crippen molar-refractivity contribution in [2.24, 2.45) is 0 Å². The van der Waals surface area contributed by atoms with Crippen molar-refractivity contribution in [3.8, 4) is 0 Å². The summed E-state index contributed by atoms with van der Waals surface area (Å²) in [6.07, 6.45) is 1.65. The van der Waals surface area contributed by atoms with E-state index < -0.39 is 22.6 Å². The molecule has 4 rings (SSSR count). The van der Waals surface area contributed by atoms with Gasteiger partial charge in [-0.2, -0.15) is 0 Å². The number of anilines is 1. The molecule has 2 aromatic carbocycles. The highest BCUT2D eigenvalue weighted by Crippen LogP contribution is 2.38. The Labute approximate surface area is 203 Å². The van der Waals surface area contributed by atoms with Gasteiger partial charge in [0.15, 0.2) is 16.6 Å². The summed E-state index contributed by atoms with van der Waals surface area (Å²) in [7, 11) is -0.137. The lowest BCUT2D eigenvalue weighted by molar-refractivity contribution is 0.211. The van der Waals surface area contributed by atoms with Crippen LogP contribution >= 0.6 is 39.5 Å². The Kier molecular flexibility index (Phi) is 7.16. The second-order valence-corrected chi connectivity index (χ2v) is 10.2. The topological polar surface area (TPSA) is 47.4 Å².